The van der Waals surface area contributed by atoms with E-state index in [4.69, 9.17) is 0 Å². The third kappa shape index (κ3) is 2.29. The molecule has 15 heavy (non-hydrogen) atoms. The maximum atomic E-state index is 11.6. The lowest BCUT2D eigenvalue weighted by Crippen LogP contribution is -2.35. The van der Waals surface area contributed by atoms with E-state index >= 15 is 0 Å². The second-order valence-corrected chi connectivity index (χ2v) is 4.85. The number of amides is 1. The zero-order valence-corrected chi connectivity index (χ0v) is 9.50. The van der Waals surface area contributed by atoms with Crippen molar-refractivity contribution in [2.75, 3.05) is 6.54 Å². The van der Waals surface area contributed by atoms with Crippen LogP contribution in [0.1, 0.15) is 17.7 Å². The molecule has 0 aromatic carbocycles. The van der Waals surface area contributed by atoms with E-state index in [1.54, 1.807) is 11.3 Å². The molecule has 1 aliphatic heterocycles. The van der Waals surface area contributed by atoms with Crippen molar-refractivity contribution in [1.29, 1.82) is 0 Å². The standard InChI is InChI=1S/C12H15NOS/c1-2-12(14)13-7-3-5-10(13)9-11-6-4-8-15-11/h2,4,6,8,10H,1,3,5,7,9H2/t10-/m0/s1. The van der Waals surface area contributed by atoms with Gasteiger partial charge in [-0.15, -0.1) is 11.3 Å². The predicted octanol–water partition coefficient (Wildman–Crippen LogP) is 2.47. The number of carbonyl (C=O) groups is 1. The second kappa shape index (κ2) is 4.62. The highest BCUT2D eigenvalue weighted by atomic mass is 32.1. The van der Waals surface area contributed by atoms with Gasteiger partial charge in [0.15, 0.2) is 0 Å². The van der Waals surface area contributed by atoms with Crippen molar-refractivity contribution < 1.29 is 4.79 Å². The molecule has 80 valence electrons. The number of hydrogen-bond donors (Lipinski definition) is 0. The van der Waals surface area contributed by atoms with Gasteiger partial charge in [0.05, 0.1) is 0 Å². The van der Waals surface area contributed by atoms with E-state index in [1.807, 2.05) is 4.90 Å². The molecule has 3 heteroatoms. The fourth-order valence-electron chi connectivity index (χ4n) is 2.12. The summed E-state index contributed by atoms with van der Waals surface area (Å²) in [6, 6.07) is 4.59. The van der Waals surface area contributed by atoms with Crippen molar-refractivity contribution in [2.24, 2.45) is 0 Å². The number of likely N-dealkylation sites (tertiary alicyclic amines) is 1. The lowest BCUT2D eigenvalue weighted by atomic mass is 10.1. The fraction of sp³-hybridized carbons (Fsp3) is 0.417. The Hall–Kier alpha value is -1.09. The fourth-order valence-corrected chi connectivity index (χ4v) is 2.89. The van der Waals surface area contributed by atoms with Gasteiger partial charge >= 0.3 is 0 Å². The first-order valence-electron chi connectivity index (χ1n) is 5.26. The van der Waals surface area contributed by atoms with Crippen LogP contribution >= 0.6 is 11.3 Å². The van der Waals surface area contributed by atoms with Crippen molar-refractivity contribution in [2.45, 2.75) is 25.3 Å². The van der Waals surface area contributed by atoms with E-state index in [2.05, 4.69) is 24.1 Å². The highest BCUT2D eigenvalue weighted by Gasteiger charge is 2.27. The highest BCUT2D eigenvalue weighted by molar-refractivity contribution is 7.09. The van der Waals surface area contributed by atoms with Gasteiger partial charge in [-0.2, -0.15) is 0 Å². The Kier molecular flexibility index (Phi) is 3.21. The van der Waals surface area contributed by atoms with Crippen LogP contribution in [-0.2, 0) is 11.2 Å². The molecule has 1 aliphatic rings. The molecule has 0 radical (unpaired) electrons. The number of hydrogen-bond acceptors (Lipinski definition) is 2. The van der Waals surface area contributed by atoms with Crippen LogP contribution in [0.4, 0.5) is 0 Å². The monoisotopic (exact) mass is 221 g/mol. The highest BCUT2D eigenvalue weighted by Crippen LogP contribution is 2.23. The van der Waals surface area contributed by atoms with Gasteiger partial charge in [-0.05, 0) is 30.4 Å². The Bertz CT molecular complexity index is 345. The van der Waals surface area contributed by atoms with Crippen molar-refractivity contribution >= 4 is 17.2 Å². The van der Waals surface area contributed by atoms with E-state index in [0.29, 0.717) is 6.04 Å². The minimum absolute atomic E-state index is 0.0778. The Morgan fingerprint density at radius 1 is 1.73 bits per heavy atom. The van der Waals surface area contributed by atoms with Gasteiger partial charge in [0.25, 0.3) is 0 Å². The van der Waals surface area contributed by atoms with E-state index in [1.165, 1.54) is 11.0 Å². The Labute approximate surface area is 94.2 Å². The number of carbonyl (C=O) groups excluding carboxylic acids is 1. The summed E-state index contributed by atoms with van der Waals surface area (Å²) in [7, 11) is 0. The van der Waals surface area contributed by atoms with Crippen LogP contribution in [0.3, 0.4) is 0 Å². The summed E-state index contributed by atoms with van der Waals surface area (Å²) in [6.07, 6.45) is 4.66. The van der Waals surface area contributed by atoms with Gasteiger partial charge in [-0.3, -0.25) is 4.79 Å². The summed E-state index contributed by atoms with van der Waals surface area (Å²) >= 11 is 1.77. The third-order valence-corrected chi connectivity index (χ3v) is 3.75. The first kappa shape index (κ1) is 10.4. The van der Waals surface area contributed by atoms with E-state index in [0.717, 1.165) is 25.8 Å². The SMILES string of the molecule is C=CC(=O)N1CCC[C@H]1Cc1cccs1. The quantitative estimate of drug-likeness (QED) is 0.718. The average molecular weight is 221 g/mol. The number of rotatable bonds is 3. The van der Waals surface area contributed by atoms with Gasteiger partial charge in [-0.1, -0.05) is 12.6 Å². The molecule has 2 heterocycles. The summed E-state index contributed by atoms with van der Waals surface area (Å²) in [4.78, 5) is 14.9. The summed E-state index contributed by atoms with van der Waals surface area (Å²) in [5, 5.41) is 2.09. The molecule has 1 aromatic rings. The largest absolute Gasteiger partial charge is 0.336 e. The topological polar surface area (TPSA) is 20.3 Å². The van der Waals surface area contributed by atoms with E-state index in [-0.39, 0.29) is 5.91 Å². The molecule has 1 aromatic heterocycles. The van der Waals surface area contributed by atoms with Crippen molar-refractivity contribution in [3.63, 3.8) is 0 Å². The molecule has 2 rings (SSSR count). The minimum Gasteiger partial charge on any atom is -0.336 e. The molecule has 0 saturated carbocycles. The molecule has 1 saturated heterocycles. The summed E-state index contributed by atoms with van der Waals surface area (Å²) in [5.41, 5.74) is 0. The molecular formula is C12H15NOS. The average Bonchev–Trinajstić information content (AvgIpc) is 2.88. The Balaban J connectivity index is 2.02. The Morgan fingerprint density at radius 3 is 3.27 bits per heavy atom. The third-order valence-electron chi connectivity index (χ3n) is 2.85. The number of nitrogens with zero attached hydrogens (tertiary/aromatic N) is 1. The predicted molar refractivity (Wildman–Crippen MR) is 63.0 cm³/mol. The van der Waals surface area contributed by atoms with Gasteiger partial charge in [-0.25, -0.2) is 0 Å². The zero-order valence-electron chi connectivity index (χ0n) is 8.69. The molecule has 0 unspecified atom stereocenters. The van der Waals surface area contributed by atoms with Crippen LogP contribution in [0, 0.1) is 0 Å². The van der Waals surface area contributed by atoms with Crippen LogP contribution in [0.5, 0.6) is 0 Å². The number of thiophene rings is 1. The van der Waals surface area contributed by atoms with E-state index in [9.17, 15) is 4.79 Å². The summed E-state index contributed by atoms with van der Waals surface area (Å²) in [5.74, 6) is 0.0778. The lowest BCUT2D eigenvalue weighted by molar-refractivity contribution is -0.126. The van der Waals surface area contributed by atoms with Crippen LogP contribution in [0.15, 0.2) is 30.2 Å². The first-order valence-corrected chi connectivity index (χ1v) is 6.14. The maximum absolute atomic E-state index is 11.6. The maximum Gasteiger partial charge on any atom is 0.246 e. The van der Waals surface area contributed by atoms with Crippen molar-refractivity contribution in [3.8, 4) is 0 Å². The van der Waals surface area contributed by atoms with E-state index < -0.39 is 0 Å². The normalized spacial score (nSPS) is 20.5. The molecule has 0 aliphatic carbocycles. The molecule has 1 fully saturated rings. The summed E-state index contributed by atoms with van der Waals surface area (Å²) in [6.45, 7) is 4.44. The molecule has 0 N–H and O–H groups in total. The smallest absolute Gasteiger partial charge is 0.246 e. The molecule has 0 spiro atoms. The van der Waals surface area contributed by atoms with Gasteiger partial charge in [0, 0.05) is 23.9 Å². The lowest BCUT2D eigenvalue weighted by Gasteiger charge is -2.22. The zero-order chi connectivity index (χ0) is 10.7. The Morgan fingerprint density at radius 2 is 2.60 bits per heavy atom. The van der Waals surface area contributed by atoms with Gasteiger partial charge in [0.2, 0.25) is 5.91 Å². The van der Waals surface area contributed by atoms with Crippen molar-refractivity contribution in [1.82, 2.24) is 4.90 Å². The molecular weight excluding hydrogens is 206 g/mol. The van der Waals surface area contributed by atoms with Gasteiger partial charge in [0.1, 0.15) is 0 Å². The van der Waals surface area contributed by atoms with Crippen molar-refractivity contribution in [3.05, 3.63) is 35.0 Å². The van der Waals surface area contributed by atoms with Crippen LogP contribution in [0.25, 0.3) is 0 Å². The molecule has 1 amide bonds. The molecule has 1 atom stereocenters. The van der Waals surface area contributed by atoms with Gasteiger partial charge < -0.3 is 4.90 Å². The minimum atomic E-state index is 0.0778. The molecule has 0 bridgehead atoms. The van der Waals surface area contributed by atoms with Crippen LogP contribution in [-0.4, -0.2) is 23.4 Å². The van der Waals surface area contributed by atoms with Crippen LogP contribution in [0.2, 0.25) is 0 Å². The second-order valence-electron chi connectivity index (χ2n) is 3.82. The first-order chi connectivity index (χ1) is 7.31. The summed E-state index contributed by atoms with van der Waals surface area (Å²) < 4.78 is 0. The van der Waals surface area contributed by atoms with Crippen LogP contribution < -0.4 is 0 Å². The molecule has 2 nitrogen and oxygen atoms in total.